The fraction of sp³-hybridized carbons (Fsp3) is 0.350. The van der Waals surface area contributed by atoms with Crippen LogP contribution in [-0.4, -0.2) is 44.7 Å². The summed E-state index contributed by atoms with van der Waals surface area (Å²) in [5.41, 5.74) is 2.36. The van der Waals surface area contributed by atoms with Crippen molar-refractivity contribution >= 4 is 29.1 Å². The first-order chi connectivity index (χ1) is 12.9. The number of fused-ring (bicyclic) bond motifs is 1. The van der Waals surface area contributed by atoms with Crippen LogP contribution in [0.25, 0.3) is 0 Å². The van der Waals surface area contributed by atoms with E-state index >= 15 is 0 Å². The summed E-state index contributed by atoms with van der Waals surface area (Å²) in [6.07, 6.45) is 0.922. The van der Waals surface area contributed by atoms with Gasteiger partial charge in [-0.05, 0) is 49.5 Å². The SMILES string of the molecule is CN(C)C(CNC(=O)COc1ccc(Cl)cc1Cl)c1ccc2c(c1)CCO2. The predicted octanol–water partition coefficient (Wildman–Crippen LogP) is 3.73. The van der Waals surface area contributed by atoms with Gasteiger partial charge in [-0.1, -0.05) is 35.3 Å². The van der Waals surface area contributed by atoms with E-state index < -0.39 is 0 Å². The summed E-state index contributed by atoms with van der Waals surface area (Å²) >= 11 is 11.9. The summed E-state index contributed by atoms with van der Waals surface area (Å²) in [6, 6.07) is 11.2. The molecule has 1 amide bonds. The minimum atomic E-state index is -0.211. The number of nitrogens with one attached hydrogen (secondary N) is 1. The molecule has 0 radical (unpaired) electrons. The summed E-state index contributed by atoms with van der Waals surface area (Å²) in [7, 11) is 3.98. The molecule has 5 nitrogen and oxygen atoms in total. The van der Waals surface area contributed by atoms with Gasteiger partial charge in [0.25, 0.3) is 5.91 Å². The maximum Gasteiger partial charge on any atom is 0.258 e. The molecule has 0 saturated heterocycles. The van der Waals surface area contributed by atoms with E-state index in [-0.39, 0.29) is 18.6 Å². The lowest BCUT2D eigenvalue weighted by Gasteiger charge is -2.25. The van der Waals surface area contributed by atoms with Crippen LogP contribution in [-0.2, 0) is 11.2 Å². The van der Waals surface area contributed by atoms with E-state index in [9.17, 15) is 4.79 Å². The van der Waals surface area contributed by atoms with Gasteiger partial charge in [0.15, 0.2) is 6.61 Å². The molecule has 27 heavy (non-hydrogen) atoms. The van der Waals surface area contributed by atoms with Gasteiger partial charge < -0.3 is 19.7 Å². The Kier molecular flexibility index (Phi) is 6.47. The quantitative estimate of drug-likeness (QED) is 0.758. The molecule has 7 heteroatoms. The molecular weight excluding hydrogens is 387 g/mol. The van der Waals surface area contributed by atoms with Gasteiger partial charge in [-0.25, -0.2) is 0 Å². The second kappa shape index (κ2) is 8.83. The molecule has 0 aliphatic carbocycles. The molecule has 2 aromatic rings. The zero-order valence-electron chi connectivity index (χ0n) is 15.3. The van der Waals surface area contributed by atoms with Gasteiger partial charge in [-0.3, -0.25) is 4.79 Å². The molecule has 1 atom stereocenters. The number of likely N-dealkylation sites (N-methyl/N-ethyl adjacent to an activating group) is 1. The summed E-state index contributed by atoms with van der Waals surface area (Å²) in [6.45, 7) is 1.09. The largest absolute Gasteiger partial charge is 0.493 e. The normalized spacial score (nSPS) is 13.8. The molecule has 0 aromatic heterocycles. The van der Waals surface area contributed by atoms with E-state index in [0.29, 0.717) is 22.3 Å². The van der Waals surface area contributed by atoms with Crippen molar-refractivity contribution in [2.75, 3.05) is 33.9 Å². The van der Waals surface area contributed by atoms with Crippen LogP contribution in [0.15, 0.2) is 36.4 Å². The Morgan fingerprint density at radius 2 is 2.07 bits per heavy atom. The molecule has 1 aliphatic rings. The van der Waals surface area contributed by atoms with Crippen molar-refractivity contribution < 1.29 is 14.3 Å². The third-order valence-electron chi connectivity index (χ3n) is 4.47. The molecule has 0 saturated carbocycles. The Balaban J connectivity index is 1.57. The van der Waals surface area contributed by atoms with Gasteiger partial charge in [-0.15, -0.1) is 0 Å². The van der Waals surface area contributed by atoms with Crippen LogP contribution in [0, 0.1) is 0 Å². The zero-order valence-corrected chi connectivity index (χ0v) is 16.8. The van der Waals surface area contributed by atoms with Crippen molar-refractivity contribution in [3.05, 3.63) is 57.6 Å². The molecule has 0 spiro atoms. The van der Waals surface area contributed by atoms with E-state index in [2.05, 4.69) is 16.3 Å². The number of halogens is 2. The molecule has 0 fully saturated rings. The molecular formula is C20H22Cl2N2O3. The molecule has 1 aliphatic heterocycles. The Labute approximate surface area is 169 Å². The van der Waals surface area contributed by atoms with E-state index in [1.807, 2.05) is 26.2 Å². The first-order valence-corrected chi connectivity index (χ1v) is 9.46. The fourth-order valence-electron chi connectivity index (χ4n) is 3.01. The maximum absolute atomic E-state index is 12.2. The number of amides is 1. The van der Waals surface area contributed by atoms with Crippen molar-refractivity contribution in [1.29, 1.82) is 0 Å². The highest BCUT2D eigenvalue weighted by atomic mass is 35.5. The van der Waals surface area contributed by atoms with Crippen molar-refractivity contribution in [1.82, 2.24) is 10.2 Å². The number of carbonyl (C=O) groups is 1. The molecule has 144 valence electrons. The van der Waals surface area contributed by atoms with Crippen LogP contribution in [0.4, 0.5) is 0 Å². The second-order valence-electron chi connectivity index (χ2n) is 6.61. The van der Waals surface area contributed by atoms with Crippen molar-refractivity contribution in [2.24, 2.45) is 0 Å². The zero-order chi connectivity index (χ0) is 19.4. The van der Waals surface area contributed by atoms with Crippen molar-refractivity contribution in [3.63, 3.8) is 0 Å². The highest BCUT2D eigenvalue weighted by Crippen LogP contribution is 2.29. The highest BCUT2D eigenvalue weighted by Gasteiger charge is 2.19. The molecule has 1 N–H and O–H groups in total. The minimum absolute atomic E-state index is 0.0546. The lowest BCUT2D eigenvalue weighted by molar-refractivity contribution is -0.123. The van der Waals surface area contributed by atoms with Crippen LogP contribution in [0.2, 0.25) is 10.0 Å². The lowest BCUT2D eigenvalue weighted by Crippen LogP contribution is -2.36. The third kappa shape index (κ3) is 5.06. The van der Waals surface area contributed by atoms with E-state index in [1.165, 1.54) is 5.56 Å². The van der Waals surface area contributed by atoms with Crippen LogP contribution in [0.3, 0.4) is 0 Å². The number of benzene rings is 2. The first-order valence-electron chi connectivity index (χ1n) is 8.70. The van der Waals surface area contributed by atoms with Gasteiger partial charge in [0.1, 0.15) is 11.5 Å². The van der Waals surface area contributed by atoms with Crippen LogP contribution in [0.5, 0.6) is 11.5 Å². The number of carbonyl (C=O) groups excluding carboxylic acids is 1. The van der Waals surface area contributed by atoms with Crippen molar-refractivity contribution in [3.8, 4) is 11.5 Å². The summed E-state index contributed by atoms with van der Waals surface area (Å²) in [5, 5.41) is 3.82. The Morgan fingerprint density at radius 1 is 1.26 bits per heavy atom. The van der Waals surface area contributed by atoms with Gasteiger partial charge >= 0.3 is 0 Å². The Hall–Kier alpha value is -1.95. The fourth-order valence-corrected chi connectivity index (χ4v) is 3.47. The number of rotatable bonds is 7. The molecule has 2 aromatic carbocycles. The lowest BCUT2D eigenvalue weighted by atomic mass is 10.0. The number of ether oxygens (including phenoxy) is 2. The monoisotopic (exact) mass is 408 g/mol. The molecule has 3 rings (SSSR count). The van der Waals surface area contributed by atoms with Crippen LogP contribution in [0.1, 0.15) is 17.2 Å². The highest BCUT2D eigenvalue weighted by molar-refractivity contribution is 6.35. The van der Waals surface area contributed by atoms with E-state index in [4.69, 9.17) is 32.7 Å². The van der Waals surface area contributed by atoms with Crippen LogP contribution < -0.4 is 14.8 Å². The smallest absolute Gasteiger partial charge is 0.258 e. The molecule has 0 bridgehead atoms. The topological polar surface area (TPSA) is 50.8 Å². The molecule has 1 unspecified atom stereocenters. The Morgan fingerprint density at radius 3 is 2.81 bits per heavy atom. The molecule has 1 heterocycles. The third-order valence-corrected chi connectivity index (χ3v) is 5.00. The van der Waals surface area contributed by atoms with Gasteiger partial charge in [0.2, 0.25) is 0 Å². The summed E-state index contributed by atoms with van der Waals surface area (Å²) in [4.78, 5) is 14.3. The van der Waals surface area contributed by atoms with E-state index in [1.54, 1.807) is 18.2 Å². The summed E-state index contributed by atoms with van der Waals surface area (Å²) in [5.74, 6) is 1.17. The van der Waals surface area contributed by atoms with Crippen molar-refractivity contribution in [2.45, 2.75) is 12.5 Å². The van der Waals surface area contributed by atoms with Crippen LogP contribution >= 0.6 is 23.2 Å². The predicted molar refractivity (Wildman–Crippen MR) is 107 cm³/mol. The Bertz CT molecular complexity index is 827. The maximum atomic E-state index is 12.2. The second-order valence-corrected chi connectivity index (χ2v) is 7.46. The van der Waals surface area contributed by atoms with Gasteiger partial charge in [-0.2, -0.15) is 0 Å². The van der Waals surface area contributed by atoms with Gasteiger partial charge in [0.05, 0.1) is 17.7 Å². The average molecular weight is 409 g/mol. The number of hydrogen-bond acceptors (Lipinski definition) is 4. The minimum Gasteiger partial charge on any atom is -0.493 e. The average Bonchev–Trinajstić information content (AvgIpc) is 3.08. The number of hydrogen-bond donors (Lipinski definition) is 1. The first kappa shape index (κ1) is 19.8. The number of nitrogens with zero attached hydrogens (tertiary/aromatic N) is 1. The summed E-state index contributed by atoms with van der Waals surface area (Å²) < 4.78 is 11.0. The standard InChI is InChI=1S/C20H22Cl2N2O3/c1-24(2)17(13-3-5-18-14(9-13)7-8-26-18)11-23-20(25)12-27-19-6-4-15(21)10-16(19)22/h3-6,9-10,17H,7-8,11-12H2,1-2H3,(H,23,25). The van der Waals surface area contributed by atoms with Gasteiger partial charge in [0, 0.05) is 18.0 Å². The van der Waals surface area contributed by atoms with E-state index in [0.717, 1.165) is 24.3 Å².